The molecular formula is C24H23NO5. The van der Waals surface area contributed by atoms with E-state index in [-0.39, 0.29) is 17.6 Å². The third-order valence-electron chi connectivity index (χ3n) is 4.38. The number of fused-ring (bicyclic) bond motifs is 1. The number of carbonyl (C=O) groups excluding carboxylic acids is 2. The van der Waals surface area contributed by atoms with Crippen molar-refractivity contribution in [3.05, 3.63) is 77.5 Å². The maximum Gasteiger partial charge on any atom is 0.355 e. The molecule has 6 nitrogen and oxygen atoms in total. The van der Waals surface area contributed by atoms with Crippen LogP contribution in [0.5, 0.6) is 11.5 Å². The number of esters is 1. The van der Waals surface area contributed by atoms with Crippen molar-refractivity contribution >= 4 is 28.7 Å². The lowest BCUT2D eigenvalue weighted by molar-refractivity contribution is -0.142. The molecule has 0 saturated carbocycles. The molecule has 0 radical (unpaired) electrons. The summed E-state index contributed by atoms with van der Waals surface area (Å²) in [6, 6.07) is 17.2. The summed E-state index contributed by atoms with van der Waals surface area (Å²) in [7, 11) is 1.55. The van der Waals surface area contributed by atoms with Crippen molar-refractivity contribution in [1.82, 2.24) is 5.32 Å². The molecule has 30 heavy (non-hydrogen) atoms. The molecule has 3 aromatic rings. The van der Waals surface area contributed by atoms with Crippen molar-refractivity contribution in [2.24, 2.45) is 0 Å². The Balaban J connectivity index is 2.10. The largest absolute Gasteiger partial charge is 0.507 e. The lowest BCUT2D eigenvalue weighted by Crippen LogP contribution is -2.29. The van der Waals surface area contributed by atoms with Gasteiger partial charge in [-0.3, -0.25) is 4.79 Å². The number of nitrogens with one attached hydrogen (secondary N) is 1. The van der Waals surface area contributed by atoms with Gasteiger partial charge < -0.3 is 19.9 Å². The highest BCUT2D eigenvalue weighted by Crippen LogP contribution is 2.32. The number of benzene rings is 3. The van der Waals surface area contributed by atoms with Gasteiger partial charge in [0.25, 0.3) is 5.91 Å². The van der Waals surface area contributed by atoms with Crippen LogP contribution in [-0.2, 0) is 9.53 Å². The van der Waals surface area contributed by atoms with Crippen molar-refractivity contribution in [3.63, 3.8) is 0 Å². The van der Waals surface area contributed by atoms with Gasteiger partial charge in [0.1, 0.15) is 17.2 Å². The Hall–Kier alpha value is -3.80. The van der Waals surface area contributed by atoms with Gasteiger partial charge in [0.2, 0.25) is 0 Å². The standard InChI is InChI=1S/C24H23NO5/c1-15(2)30-24(28)21(25-23(27)17-7-5-4-6-8-17)14-20-19-13-18(29-3)11-9-16(19)10-12-22(20)26/h4-15,26H,1-3H3,(H,25,27)/b21-14+. The minimum absolute atomic E-state index is 0.0421. The van der Waals surface area contributed by atoms with Crippen LogP contribution in [0.25, 0.3) is 16.8 Å². The first-order valence-electron chi connectivity index (χ1n) is 9.48. The molecule has 0 atom stereocenters. The van der Waals surface area contributed by atoms with Crippen LogP contribution in [-0.4, -0.2) is 30.2 Å². The molecule has 0 fully saturated rings. The van der Waals surface area contributed by atoms with Gasteiger partial charge in [-0.15, -0.1) is 0 Å². The second-order valence-corrected chi connectivity index (χ2v) is 6.92. The molecule has 0 aliphatic heterocycles. The number of aromatic hydroxyl groups is 1. The Morgan fingerprint density at radius 2 is 1.73 bits per heavy atom. The van der Waals surface area contributed by atoms with Crippen LogP contribution in [0.3, 0.4) is 0 Å². The van der Waals surface area contributed by atoms with Crippen LogP contribution in [0, 0.1) is 0 Å². The zero-order chi connectivity index (χ0) is 21.7. The molecule has 0 bridgehead atoms. The predicted molar refractivity (Wildman–Crippen MR) is 115 cm³/mol. The molecule has 0 spiro atoms. The number of amides is 1. The third kappa shape index (κ3) is 4.78. The highest BCUT2D eigenvalue weighted by atomic mass is 16.5. The topological polar surface area (TPSA) is 84.9 Å². The molecule has 154 valence electrons. The van der Waals surface area contributed by atoms with E-state index >= 15 is 0 Å². The number of hydrogen-bond donors (Lipinski definition) is 2. The summed E-state index contributed by atoms with van der Waals surface area (Å²) in [5, 5.41) is 14.6. The zero-order valence-corrected chi connectivity index (χ0v) is 17.0. The van der Waals surface area contributed by atoms with E-state index in [4.69, 9.17) is 9.47 Å². The van der Waals surface area contributed by atoms with E-state index in [1.54, 1.807) is 69.5 Å². The first kappa shape index (κ1) is 20.9. The molecular weight excluding hydrogens is 382 g/mol. The lowest BCUT2D eigenvalue weighted by Gasteiger charge is -2.14. The fourth-order valence-corrected chi connectivity index (χ4v) is 2.94. The molecule has 0 aliphatic rings. The van der Waals surface area contributed by atoms with Crippen LogP contribution < -0.4 is 10.1 Å². The fourth-order valence-electron chi connectivity index (χ4n) is 2.94. The SMILES string of the molecule is COc1ccc2ccc(O)c(/C=C(/NC(=O)c3ccccc3)C(=O)OC(C)C)c2c1. The Morgan fingerprint density at radius 1 is 1.03 bits per heavy atom. The van der Waals surface area contributed by atoms with Gasteiger partial charge >= 0.3 is 5.97 Å². The quantitative estimate of drug-likeness (QED) is 0.472. The second-order valence-electron chi connectivity index (χ2n) is 6.92. The van der Waals surface area contributed by atoms with Crippen LogP contribution >= 0.6 is 0 Å². The number of methoxy groups -OCH3 is 1. The number of phenolic OH excluding ortho intramolecular Hbond substituents is 1. The van der Waals surface area contributed by atoms with Gasteiger partial charge in [0.05, 0.1) is 13.2 Å². The highest BCUT2D eigenvalue weighted by Gasteiger charge is 2.19. The number of rotatable bonds is 6. The maximum atomic E-state index is 12.7. The van der Waals surface area contributed by atoms with Gasteiger partial charge in [0.15, 0.2) is 0 Å². The molecule has 3 rings (SSSR count). The van der Waals surface area contributed by atoms with E-state index in [2.05, 4.69) is 5.32 Å². The fraction of sp³-hybridized carbons (Fsp3) is 0.167. The first-order chi connectivity index (χ1) is 14.4. The molecule has 0 aliphatic carbocycles. The monoisotopic (exact) mass is 405 g/mol. The van der Waals surface area contributed by atoms with Crippen LogP contribution in [0.1, 0.15) is 29.8 Å². The van der Waals surface area contributed by atoms with E-state index in [1.807, 2.05) is 6.07 Å². The zero-order valence-electron chi connectivity index (χ0n) is 17.0. The van der Waals surface area contributed by atoms with Crippen molar-refractivity contribution < 1.29 is 24.2 Å². The lowest BCUT2D eigenvalue weighted by atomic mass is 10.0. The van der Waals surface area contributed by atoms with Gasteiger partial charge in [-0.05, 0) is 61.0 Å². The Morgan fingerprint density at radius 3 is 2.40 bits per heavy atom. The number of ether oxygens (including phenoxy) is 2. The third-order valence-corrected chi connectivity index (χ3v) is 4.38. The van der Waals surface area contributed by atoms with Crippen molar-refractivity contribution in [2.75, 3.05) is 7.11 Å². The summed E-state index contributed by atoms with van der Waals surface area (Å²) in [5.74, 6) is -0.601. The van der Waals surface area contributed by atoms with Gasteiger partial charge in [-0.2, -0.15) is 0 Å². The minimum atomic E-state index is -0.700. The normalized spacial score (nSPS) is 11.4. The maximum absolute atomic E-state index is 12.7. The molecule has 0 saturated heterocycles. The summed E-state index contributed by atoms with van der Waals surface area (Å²) in [4.78, 5) is 25.3. The molecule has 1 amide bonds. The Kier molecular flexibility index (Phi) is 6.37. The van der Waals surface area contributed by atoms with E-state index in [0.717, 1.165) is 5.39 Å². The molecule has 0 heterocycles. The summed E-state index contributed by atoms with van der Waals surface area (Å²) in [6.45, 7) is 3.43. The van der Waals surface area contributed by atoms with Crippen molar-refractivity contribution in [3.8, 4) is 11.5 Å². The van der Waals surface area contributed by atoms with Gasteiger partial charge in [-0.25, -0.2) is 4.79 Å². The molecule has 6 heteroatoms. The molecule has 0 aromatic heterocycles. The van der Waals surface area contributed by atoms with Crippen LogP contribution in [0.15, 0.2) is 66.4 Å². The molecule has 2 N–H and O–H groups in total. The Bertz CT molecular complexity index is 1100. The van der Waals surface area contributed by atoms with Crippen LogP contribution in [0.4, 0.5) is 0 Å². The second kappa shape index (κ2) is 9.13. The van der Waals surface area contributed by atoms with Crippen molar-refractivity contribution in [1.29, 1.82) is 0 Å². The summed E-state index contributed by atoms with van der Waals surface area (Å²) >= 11 is 0. The molecule has 3 aromatic carbocycles. The minimum Gasteiger partial charge on any atom is -0.507 e. The average molecular weight is 405 g/mol. The van der Waals surface area contributed by atoms with E-state index in [0.29, 0.717) is 22.3 Å². The van der Waals surface area contributed by atoms with E-state index < -0.39 is 11.9 Å². The molecule has 0 unspecified atom stereocenters. The number of phenols is 1. The number of carbonyl (C=O) groups is 2. The first-order valence-corrected chi connectivity index (χ1v) is 9.48. The summed E-state index contributed by atoms with van der Waals surface area (Å²) in [5.41, 5.74) is 0.684. The van der Waals surface area contributed by atoms with Crippen molar-refractivity contribution in [2.45, 2.75) is 20.0 Å². The average Bonchev–Trinajstić information content (AvgIpc) is 2.74. The van der Waals surface area contributed by atoms with Gasteiger partial charge in [0, 0.05) is 11.1 Å². The Labute approximate surface area is 174 Å². The summed E-state index contributed by atoms with van der Waals surface area (Å²) in [6.07, 6.45) is 1.04. The summed E-state index contributed by atoms with van der Waals surface area (Å²) < 4.78 is 10.6. The smallest absolute Gasteiger partial charge is 0.355 e. The number of hydrogen-bond acceptors (Lipinski definition) is 5. The predicted octanol–water partition coefficient (Wildman–Crippen LogP) is 4.28. The van der Waals surface area contributed by atoms with Gasteiger partial charge in [-0.1, -0.05) is 30.3 Å². The van der Waals surface area contributed by atoms with Crippen LogP contribution in [0.2, 0.25) is 0 Å². The van der Waals surface area contributed by atoms with E-state index in [1.165, 1.54) is 12.1 Å². The van der Waals surface area contributed by atoms with E-state index in [9.17, 15) is 14.7 Å². The highest BCUT2D eigenvalue weighted by molar-refractivity contribution is 6.05.